The summed E-state index contributed by atoms with van der Waals surface area (Å²) in [4.78, 5) is 13.7. The topological polar surface area (TPSA) is 93.3 Å². The Bertz CT molecular complexity index is 1150. The summed E-state index contributed by atoms with van der Waals surface area (Å²) in [6, 6.07) is 14.2. The van der Waals surface area contributed by atoms with Gasteiger partial charge < -0.3 is 19.5 Å². The van der Waals surface area contributed by atoms with Crippen LogP contribution in [0.4, 0.5) is 0 Å². The predicted octanol–water partition coefficient (Wildman–Crippen LogP) is 4.19. The molecular formula is C23H22N4O3. The molecule has 0 fully saturated rings. The van der Waals surface area contributed by atoms with E-state index in [1.807, 2.05) is 42.9 Å². The quantitative estimate of drug-likeness (QED) is 0.520. The van der Waals surface area contributed by atoms with Gasteiger partial charge in [0.1, 0.15) is 17.2 Å². The number of nitrogens with zero attached hydrogens (tertiary/aromatic N) is 4. The summed E-state index contributed by atoms with van der Waals surface area (Å²) in [6.45, 7) is 2.02. The summed E-state index contributed by atoms with van der Waals surface area (Å²) in [5.74, 6) is 1.69. The molecule has 0 spiro atoms. The minimum atomic E-state index is -0.00474. The zero-order valence-corrected chi connectivity index (χ0v) is 17.0. The van der Waals surface area contributed by atoms with E-state index in [0.717, 1.165) is 17.7 Å². The van der Waals surface area contributed by atoms with E-state index in [4.69, 9.17) is 4.74 Å². The highest BCUT2D eigenvalue weighted by Crippen LogP contribution is 2.34. The van der Waals surface area contributed by atoms with Gasteiger partial charge in [-0.15, -0.1) is 0 Å². The standard InChI is InChI=1S/C23H22N4O3/c1-4-14-7-9-16(19(28)12-14)21-24-22(17-10-8-15(30-3)13-20(17)29)26-23(25-21)18-6-5-11-27(18)2/h5-13,28-29H,4H2,1-3H3. The Morgan fingerprint density at radius 2 is 1.50 bits per heavy atom. The van der Waals surface area contributed by atoms with Crippen LogP contribution in [0.5, 0.6) is 17.2 Å². The maximum atomic E-state index is 10.6. The first-order chi connectivity index (χ1) is 14.5. The van der Waals surface area contributed by atoms with Crippen molar-refractivity contribution in [2.24, 2.45) is 7.05 Å². The molecule has 0 amide bonds. The fourth-order valence-electron chi connectivity index (χ4n) is 3.24. The summed E-state index contributed by atoms with van der Waals surface area (Å²) in [5.41, 5.74) is 2.75. The molecule has 4 rings (SSSR count). The molecule has 0 radical (unpaired) electrons. The molecule has 152 valence electrons. The molecule has 0 bridgehead atoms. The van der Waals surface area contributed by atoms with Crippen molar-refractivity contribution in [3.05, 3.63) is 60.3 Å². The number of aromatic nitrogens is 4. The van der Waals surface area contributed by atoms with Crippen molar-refractivity contribution in [3.8, 4) is 51.5 Å². The molecule has 0 atom stereocenters. The summed E-state index contributed by atoms with van der Waals surface area (Å²) in [7, 11) is 3.43. The third-order valence-electron chi connectivity index (χ3n) is 4.97. The van der Waals surface area contributed by atoms with Crippen LogP contribution in [-0.2, 0) is 13.5 Å². The number of phenols is 2. The fraction of sp³-hybridized carbons (Fsp3) is 0.174. The van der Waals surface area contributed by atoms with E-state index in [0.29, 0.717) is 34.3 Å². The van der Waals surface area contributed by atoms with E-state index in [1.165, 1.54) is 13.2 Å². The molecule has 7 heteroatoms. The van der Waals surface area contributed by atoms with Crippen LogP contribution >= 0.6 is 0 Å². The predicted molar refractivity (Wildman–Crippen MR) is 114 cm³/mol. The highest BCUT2D eigenvalue weighted by Gasteiger charge is 2.18. The number of ether oxygens (including phenoxy) is 1. The van der Waals surface area contributed by atoms with Gasteiger partial charge in [-0.2, -0.15) is 0 Å². The number of aromatic hydroxyl groups is 2. The maximum Gasteiger partial charge on any atom is 0.180 e. The molecule has 2 aromatic carbocycles. The Kier molecular flexibility index (Phi) is 5.10. The highest BCUT2D eigenvalue weighted by molar-refractivity contribution is 5.72. The smallest absolute Gasteiger partial charge is 0.180 e. The number of aryl methyl sites for hydroxylation is 2. The van der Waals surface area contributed by atoms with Gasteiger partial charge in [0.25, 0.3) is 0 Å². The lowest BCUT2D eigenvalue weighted by Crippen LogP contribution is -2.03. The van der Waals surface area contributed by atoms with Gasteiger partial charge in [-0.05, 0) is 48.4 Å². The minimum Gasteiger partial charge on any atom is -0.507 e. The van der Waals surface area contributed by atoms with Crippen molar-refractivity contribution in [1.29, 1.82) is 0 Å². The Balaban J connectivity index is 1.93. The highest BCUT2D eigenvalue weighted by atomic mass is 16.5. The van der Waals surface area contributed by atoms with Gasteiger partial charge in [0.15, 0.2) is 17.5 Å². The Morgan fingerprint density at radius 1 is 0.867 bits per heavy atom. The average Bonchev–Trinajstić information content (AvgIpc) is 3.19. The van der Waals surface area contributed by atoms with E-state index in [1.54, 1.807) is 24.3 Å². The summed E-state index contributed by atoms with van der Waals surface area (Å²) >= 11 is 0. The zero-order valence-electron chi connectivity index (χ0n) is 17.0. The number of hydrogen-bond donors (Lipinski definition) is 2. The van der Waals surface area contributed by atoms with Gasteiger partial charge in [0.05, 0.1) is 23.9 Å². The van der Waals surface area contributed by atoms with Crippen molar-refractivity contribution >= 4 is 0 Å². The first-order valence-corrected chi connectivity index (χ1v) is 9.57. The second-order valence-electron chi connectivity index (χ2n) is 6.90. The molecule has 0 aliphatic rings. The minimum absolute atomic E-state index is 0.00474. The summed E-state index contributed by atoms with van der Waals surface area (Å²) < 4.78 is 7.06. The van der Waals surface area contributed by atoms with Crippen LogP contribution in [-0.4, -0.2) is 36.8 Å². The molecule has 0 unspecified atom stereocenters. The first kappa shape index (κ1) is 19.4. The van der Waals surface area contributed by atoms with E-state index in [2.05, 4.69) is 15.0 Å². The van der Waals surface area contributed by atoms with Gasteiger partial charge in [0.2, 0.25) is 0 Å². The lowest BCUT2D eigenvalue weighted by Gasteiger charge is -2.11. The molecule has 30 heavy (non-hydrogen) atoms. The molecule has 0 aliphatic heterocycles. The molecule has 0 aliphatic carbocycles. The molecule has 2 aromatic heterocycles. The van der Waals surface area contributed by atoms with Crippen molar-refractivity contribution in [3.63, 3.8) is 0 Å². The molecule has 2 N–H and O–H groups in total. The van der Waals surface area contributed by atoms with Gasteiger partial charge in [-0.1, -0.05) is 13.0 Å². The molecule has 0 saturated heterocycles. The molecule has 2 heterocycles. The molecule has 7 nitrogen and oxygen atoms in total. The van der Waals surface area contributed by atoms with Crippen LogP contribution in [0.2, 0.25) is 0 Å². The Hall–Kier alpha value is -3.87. The van der Waals surface area contributed by atoms with Crippen LogP contribution in [0.3, 0.4) is 0 Å². The molecule has 4 aromatic rings. The van der Waals surface area contributed by atoms with Crippen LogP contribution in [0.25, 0.3) is 34.3 Å². The third kappa shape index (κ3) is 3.57. The third-order valence-corrected chi connectivity index (χ3v) is 4.97. The number of methoxy groups -OCH3 is 1. The van der Waals surface area contributed by atoms with Gasteiger partial charge in [-0.25, -0.2) is 15.0 Å². The van der Waals surface area contributed by atoms with Crippen molar-refractivity contribution in [2.45, 2.75) is 13.3 Å². The SMILES string of the molecule is CCc1ccc(-c2nc(-c3ccc(OC)cc3O)nc(-c3cccn3C)n2)c(O)c1. The van der Waals surface area contributed by atoms with Gasteiger partial charge >= 0.3 is 0 Å². The van der Waals surface area contributed by atoms with Crippen LogP contribution in [0.15, 0.2) is 54.7 Å². The van der Waals surface area contributed by atoms with Gasteiger partial charge in [0, 0.05) is 19.3 Å². The molecular weight excluding hydrogens is 380 g/mol. The first-order valence-electron chi connectivity index (χ1n) is 9.57. The Morgan fingerprint density at radius 3 is 2.03 bits per heavy atom. The number of hydrogen-bond acceptors (Lipinski definition) is 6. The molecule has 0 saturated carbocycles. The number of phenolic OH excluding ortho intramolecular Hbond substituents is 2. The number of rotatable bonds is 5. The second-order valence-corrected chi connectivity index (χ2v) is 6.90. The Labute approximate surface area is 174 Å². The summed E-state index contributed by atoms with van der Waals surface area (Å²) in [5, 5.41) is 21.1. The zero-order chi connectivity index (χ0) is 21.3. The second kappa shape index (κ2) is 7.87. The van der Waals surface area contributed by atoms with E-state index < -0.39 is 0 Å². The van der Waals surface area contributed by atoms with E-state index in [9.17, 15) is 10.2 Å². The lowest BCUT2D eigenvalue weighted by molar-refractivity contribution is 0.408. The monoisotopic (exact) mass is 402 g/mol. The van der Waals surface area contributed by atoms with Crippen LogP contribution in [0, 0.1) is 0 Å². The van der Waals surface area contributed by atoms with Crippen molar-refractivity contribution in [2.75, 3.05) is 7.11 Å². The maximum absolute atomic E-state index is 10.6. The van der Waals surface area contributed by atoms with E-state index in [-0.39, 0.29) is 11.5 Å². The van der Waals surface area contributed by atoms with Crippen molar-refractivity contribution < 1.29 is 14.9 Å². The van der Waals surface area contributed by atoms with E-state index >= 15 is 0 Å². The largest absolute Gasteiger partial charge is 0.507 e. The van der Waals surface area contributed by atoms with Crippen LogP contribution < -0.4 is 4.74 Å². The van der Waals surface area contributed by atoms with Crippen molar-refractivity contribution in [1.82, 2.24) is 19.5 Å². The van der Waals surface area contributed by atoms with Gasteiger partial charge in [-0.3, -0.25) is 0 Å². The normalized spacial score (nSPS) is 10.9. The average molecular weight is 402 g/mol. The fourth-order valence-corrected chi connectivity index (χ4v) is 3.24. The summed E-state index contributed by atoms with van der Waals surface area (Å²) in [6.07, 6.45) is 2.71. The van der Waals surface area contributed by atoms with Crippen LogP contribution in [0.1, 0.15) is 12.5 Å². The number of benzene rings is 2. The lowest BCUT2D eigenvalue weighted by atomic mass is 10.1.